The van der Waals surface area contributed by atoms with E-state index in [2.05, 4.69) is 0 Å². The van der Waals surface area contributed by atoms with E-state index in [0.29, 0.717) is 0 Å². The molecule has 0 aliphatic rings. The summed E-state index contributed by atoms with van der Waals surface area (Å²) in [5.74, 6) is -0.701. The average molecular weight is 347 g/mol. The smallest absolute Gasteiger partial charge is 0.342 e. The van der Waals surface area contributed by atoms with E-state index in [1.807, 2.05) is 0 Å². The minimum absolute atomic E-state index is 0.0265. The second-order valence-electron chi connectivity index (χ2n) is 4.38. The van der Waals surface area contributed by atoms with Gasteiger partial charge in [-0.2, -0.15) is 13.2 Å². The van der Waals surface area contributed by atoms with E-state index in [-0.39, 0.29) is 17.1 Å². The molecule has 0 aliphatic carbocycles. The zero-order chi connectivity index (χ0) is 16.4. The second-order valence-corrected chi connectivity index (χ2v) is 6.94. The monoisotopic (exact) mass is 346 g/mol. The predicted octanol–water partition coefficient (Wildman–Crippen LogP) is 2.46. The van der Waals surface area contributed by atoms with Crippen molar-refractivity contribution in [1.82, 2.24) is 9.47 Å². The molecule has 0 atom stereocenters. The van der Waals surface area contributed by atoms with E-state index in [0.717, 1.165) is 11.0 Å². The van der Waals surface area contributed by atoms with E-state index in [9.17, 15) is 26.4 Å². The van der Waals surface area contributed by atoms with Gasteiger partial charge in [0, 0.05) is 37.0 Å². The molecule has 0 N–H and O–H groups in total. The lowest BCUT2D eigenvalue weighted by atomic mass is 10.3. The van der Waals surface area contributed by atoms with Crippen molar-refractivity contribution in [1.29, 1.82) is 0 Å². The second kappa shape index (κ2) is 6.27. The summed E-state index contributed by atoms with van der Waals surface area (Å²) in [6.45, 7) is 1.43. The fourth-order valence-corrected chi connectivity index (χ4v) is 2.41. The maximum absolute atomic E-state index is 12.1. The Bertz CT molecular complexity index is 625. The molecule has 1 heterocycles. The van der Waals surface area contributed by atoms with Crippen molar-refractivity contribution < 1.29 is 26.4 Å². The van der Waals surface area contributed by atoms with Crippen molar-refractivity contribution in [3.63, 3.8) is 0 Å². The number of hydrogen-bond donors (Lipinski definition) is 0. The van der Waals surface area contributed by atoms with E-state index in [1.54, 1.807) is 6.92 Å². The molecule has 1 rings (SSSR count). The Morgan fingerprint density at radius 3 is 2.43 bits per heavy atom. The lowest BCUT2D eigenvalue weighted by Crippen LogP contribution is -2.31. The Balaban J connectivity index is 2.99. The molecule has 0 radical (unpaired) electrons. The Morgan fingerprint density at radius 2 is 2.00 bits per heavy atom. The molecule has 0 spiro atoms. The first-order valence-corrected chi connectivity index (χ1v) is 8.23. The first kappa shape index (κ1) is 17.8. The highest BCUT2D eigenvalue weighted by molar-refractivity contribution is 8.13. The summed E-state index contributed by atoms with van der Waals surface area (Å²) < 4.78 is 60.2. The van der Waals surface area contributed by atoms with Crippen LogP contribution < -0.4 is 0 Å². The van der Waals surface area contributed by atoms with Crippen LogP contribution in [0.5, 0.6) is 0 Å². The molecule has 1 aromatic rings. The summed E-state index contributed by atoms with van der Waals surface area (Å²) in [7, 11) is 2.40. The van der Waals surface area contributed by atoms with Crippen molar-refractivity contribution in [3.05, 3.63) is 18.0 Å². The Labute approximate surface area is 124 Å². The van der Waals surface area contributed by atoms with Crippen LogP contribution in [-0.2, 0) is 15.6 Å². The first-order chi connectivity index (χ1) is 9.45. The molecule has 21 heavy (non-hydrogen) atoms. The molecule has 0 fully saturated rings. The summed E-state index contributed by atoms with van der Waals surface area (Å²) in [5, 5.41) is 0. The zero-order valence-corrected chi connectivity index (χ0v) is 12.9. The highest BCUT2D eigenvalue weighted by atomic mass is 35.7. The van der Waals surface area contributed by atoms with Gasteiger partial charge in [0.15, 0.2) is 0 Å². The number of halogens is 4. The van der Waals surface area contributed by atoms with Crippen molar-refractivity contribution in [3.8, 4) is 0 Å². The van der Waals surface area contributed by atoms with Gasteiger partial charge in [-0.3, -0.25) is 4.79 Å². The van der Waals surface area contributed by atoms with Crippen LogP contribution in [0.4, 0.5) is 13.2 Å². The SMILES string of the molecule is CCn1cc(S(=O)(=O)Cl)cc1C(=O)N(C)CCC(F)(F)F. The number of aryl methyl sites for hydroxylation is 1. The van der Waals surface area contributed by atoms with Gasteiger partial charge in [-0.15, -0.1) is 0 Å². The highest BCUT2D eigenvalue weighted by Crippen LogP contribution is 2.22. The number of carbonyl (C=O) groups is 1. The van der Waals surface area contributed by atoms with E-state index in [4.69, 9.17) is 10.7 Å². The van der Waals surface area contributed by atoms with Crippen molar-refractivity contribution in [2.24, 2.45) is 0 Å². The molecule has 0 bridgehead atoms. The maximum Gasteiger partial charge on any atom is 0.390 e. The molecule has 120 valence electrons. The van der Waals surface area contributed by atoms with Gasteiger partial charge in [0.25, 0.3) is 15.0 Å². The largest absolute Gasteiger partial charge is 0.390 e. The molecular formula is C11H14ClF3N2O3S. The molecule has 0 saturated heterocycles. The first-order valence-electron chi connectivity index (χ1n) is 5.92. The fraction of sp³-hybridized carbons (Fsp3) is 0.545. The molecule has 1 amide bonds. The Hall–Kier alpha value is -1.22. The summed E-state index contributed by atoms with van der Waals surface area (Å²) in [5.41, 5.74) is -0.0265. The third-order valence-electron chi connectivity index (χ3n) is 2.79. The van der Waals surface area contributed by atoms with Crippen LogP contribution in [0.1, 0.15) is 23.8 Å². The van der Waals surface area contributed by atoms with Gasteiger partial charge < -0.3 is 9.47 Å². The Kier molecular flexibility index (Phi) is 5.32. The standard InChI is InChI=1S/C11H14ClF3N2O3S/c1-3-17-7-8(21(12,19)20)6-9(17)10(18)16(2)5-4-11(13,14)15/h6-7H,3-5H2,1-2H3. The third-order valence-corrected chi connectivity index (χ3v) is 4.11. The van der Waals surface area contributed by atoms with Gasteiger partial charge >= 0.3 is 6.18 Å². The topological polar surface area (TPSA) is 59.4 Å². The minimum Gasteiger partial charge on any atom is -0.342 e. The number of rotatable bonds is 5. The van der Waals surface area contributed by atoms with Crippen molar-refractivity contribution in [2.75, 3.05) is 13.6 Å². The van der Waals surface area contributed by atoms with Crippen LogP contribution in [0.3, 0.4) is 0 Å². The summed E-state index contributed by atoms with van der Waals surface area (Å²) in [4.78, 5) is 12.7. The van der Waals surface area contributed by atoms with Crippen LogP contribution in [0, 0.1) is 0 Å². The summed E-state index contributed by atoms with van der Waals surface area (Å²) in [6, 6.07) is 1.05. The van der Waals surface area contributed by atoms with Gasteiger partial charge in [-0.25, -0.2) is 8.42 Å². The zero-order valence-electron chi connectivity index (χ0n) is 11.3. The summed E-state index contributed by atoms with van der Waals surface area (Å²) in [6.07, 6.45) is -4.33. The number of aromatic nitrogens is 1. The molecule has 0 aromatic carbocycles. The lowest BCUT2D eigenvalue weighted by Gasteiger charge is -2.18. The van der Waals surface area contributed by atoms with Gasteiger partial charge in [-0.1, -0.05) is 0 Å². The summed E-state index contributed by atoms with van der Waals surface area (Å²) >= 11 is 0. The lowest BCUT2D eigenvalue weighted by molar-refractivity contribution is -0.136. The molecule has 10 heteroatoms. The minimum atomic E-state index is -4.37. The van der Waals surface area contributed by atoms with Crippen LogP contribution in [0.2, 0.25) is 0 Å². The normalized spacial score (nSPS) is 12.5. The van der Waals surface area contributed by atoms with Crippen LogP contribution in [0.25, 0.3) is 0 Å². The third kappa shape index (κ3) is 4.92. The van der Waals surface area contributed by atoms with Gasteiger partial charge in [-0.05, 0) is 13.0 Å². The highest BCUT2D eigenvalue weighted by Gasteiger charge is 2.29. The quantitative estimate of drug-likeness (QED) is 0.769. The number of amides is 1. The molecule has 1 aromatic heterocycles. The van der Waals surface area contributed by atoms with Crippen molar-refractivity contribution in [2.45, 2.75) is 31.0 Å². The number of nitrogens with zero attached hydrogens (tertiary/aromatic N) is 2. The van der Waals surface area contributed by atoms with Crippen molar-refractivity contribution >= 4 is 25.6 Å². The number of carbonyl (C=O) groups excluding carboxylic acids is 1. The van der Waals surface area contributed by atoms with E-state index in [1.165, 1.54) is 17.8 Å². The number of alkyl halides is 3. The van der Waals surface area contributed by atoms with E-state index < -0.39 is 34.1 Å². The number of hydrogen-bond acceptors (Lipinski definition) is 3. The fourth-order valence-electron chi connectivity index (χ4n) is 1.65. The van der Waals surface area contributed by atoms with Gasteiger partial charge in [0.1, 0.15) is 10.6 Å². The Morgan fingerprint density at radius 1 is 1.43 bits per heavy atom. The molecule has 0 saturated carbocycles. The van der Waals surface area contributed by atoms with Crippen LogP contribution in [-0.4, -0.2) is 43.6 Å². The van der Waals surface area contributed by atoms with E-state index >= 15 is 0 Å². The van der Waals surface area contributed by atoms with Gasteiger partial charge in [0.05, 0.1) is 6.42 Å². The average Bonchev–Trinajstić information content (AvgIpc) is 2.77. The van der Waals surface area contributed by atoms with Crippen LogP contribution >= 0.6 is 10.7 Å². The van der Waals surface area contributed by atoms with Crippen LogP contribution in [0.15, 0.2) is 17.2 Å². The molecule has 5 nitrogen and oxygen atoms in total. The molecular weight excluding hydrogens is 333 g/mol. The van der Waals surface area contributed by atoms with Gasteiger partial charge in [0.2, 0.25) is 0 Å². The molecule has 0 aliphatic heterocycles. The maximum atomic E-state index is 12.1. The molecule has 0 unspecified atom stereocenters. The predicted molar refractivity (Wildman–Crippen MR) is 70.8 cm³/mol.